The van der Waals surface area contributed by atoms with Crippen molar-refractivity contribution in [3.63, 3.8) is 0 Å². The van der Waals surface area contributed by atoms with E-state index in [1.807, 2.05) is 0 Å². The fourth-order valence-electron chi connectivity index (χ4n) is 3.86. The Kier molecular flexibility index (Phi) is 6.79. The van der Waals surface area contributed by atoms with Gasteiger partial charge in [0.1, 0.15) is 6.04 Å². The Morgan fingerprint density at radius 3 is 2.44 bits per heavy atom. The lowest BCUT2D eigenvalue weighted by atomic mass is 10.0. The summed E-state index contributed by atoms with van der Waals surface area (Å²) in [7, 11) is 0. The van der Waals surface area contributed by atoms with Crippen LogP contribution in [-0.2, 0) is 15.8 Å². The van der Waals surface area contributed by atoms with Gasteiger partial charge in [0.25, 0.3) is 5.91 Å². The van der Waals surface area contributed by atoms with Gasteiger partial charge >= 0.3 is 6.18 Å². The van der Waals surface area contributed by atoms with E-state index in [4.69, 9.17) is 11.6 Å². The quantitative estimate of drug-likeness (QED) is 0.430. The number of nitrogens with one attached hydrogen (secondary N) is 2. The molecule has 0 aliphatic carbocycles. The lowest BCUT2D eigenvalue weighted by molar-refractivity contribution is -0.137. The van der Waals surface area contributed by atoms with Crippen molar-refractivity contribution in [2.45, 2.75) is 25.1 Å². The Hall–Kier alpha value is -3.52. The number of benzene rings is 3. The average Bonchev–Trinajstić information content (AvgIpc) is 3.24. The molecule has 1 aliphatic heterocycles. The van der Waals surface area contributed by atoms with Gasteiger partial charge in [-0.25, -0.2) is 0 Å². The van der Waals surface area contributed by atoms with E-state index in [1.165, 1.54) is 6.07 Å². The molecule has 0 spiro atoms. The van der Waals surface area contributed by atoms with E-state index >= 15 is 0 Å². The number of hydrogen-bond acceptors (Lipinski definition) is 3. The second-order valence-electron chi connectivity index (χ2n) is 7.86. The molecule has 176 valence electrons. The molecule has 1 aliphatic rings. The van der Waals surface area contributed by atoms with Gasteiger partial charge in [-0.2, -0.15) is 13.2 Å². The number of hydrogen-bond donors (Lipinski definition) is 2. The second kappa shape index (κ2) is 9.77. The van der Waals surface area contributed by atoms with Gasteiger partial charge in [-0.05, 0) is 48.4 Å². The summed E-state index contributed by atoms with van der Waals surface area (Å²) in [6.45, 7) is 0.613. The first-order valence-corrected chi connectivity index (χ1v) is 11.0. The highest BCUT2D eigenvalue weighted by molar-refractivity contribution is 6.30. The molecule has 0 bridgehead atoms. The summed E-state index contributed by atoms with van der Waals surface area (Å²) in [5, 5.41) is 5.41. The van der Waals surface area contributed by atoms with Gasteiger partial charge in [-0.1, -0.05) is 48.0 Å². The van der Waals surface area contributed by atoms with Crippen molar-refractivity contribution in [3.05, 3.63) is 88.9 Å². The van der Waals surface area contributed by atoms with E-state index in [2.05, 4.69) is 10.6 Å². The Morgan fingerprint density at radius 1 is 1.00 bits per heavy atom. The maximum Gasteiger partial charge on any atom is 0.418 e. The summed E-state index contributed by atoms with van der Waals surface area (Å²) < 4.78 is 40.5. The molecule has 0 aromatic heterocycles. The molecule has 9 heteroatoms. The molecule has 1 atom stereocenters. The van der Waals surface area contributed by atoms with Crippen LogP contribution in [0.5, 0.6) is 0 Å². The minimum Gasteiger partial charge on any atom is -0.370 e. The smallest absolute Gasteiger partial charge is 0.370 e. The largest absolute Gasteiger partial charge is 0.418 e. The van der Waals surface area contributed by atoms with Gasteiger partial charge in [0.2, 0.25) is 5.91 Å². The fraction of sp³-hybridized carbons (Fsp3) is 0.200. The first kappa shape index (κ1) is 23.6. The number of nitrogens with zero attached hydrogens (tertiary/aromatic N) is 1. The Morgan fingerprint density at radius 2 is 1.76 bits per heavy atom. The monoisotopic (exact) mass is 487 g/mol. The minimum atomic E-state index is -4.69. The molecule has 0 radical (unpaired) electrons. The molecule has 2 amide bonds. The standard InChI is InChI=1S/C25H21ClF3N3O2/c26-17-11-12-21(20(14-17)25(27,28)29)31-24(34)23(16-6-2-1-3-7-16)30-18-8-4-9-19(15-18)32-13-5-10-22(32)33/h1-4,6-9,11-12,14-15,23,30H,5,10,13H2,(H,31,34)/t23-/m0/s1. The van der Waals surface area contributed by atoms with Crippen LogP contribution in [0.1, 0.15) is 30.0 Å². The summed E-state index contributed by atoms with van der Waals surface area (Å²) in [5.41, 5.74) is 0.381. The number of rotatable bonds is 6. The molecule has 1 fully saturated rings. The van der Waals surface area contributed by atoms with Crippen molar-refractivity contribution in [2.24, 2.45) is 0 Å². The van der Waals surface area contributed by atoms with E-state index < -0.39 is 23.7 Å². The highest BCUT2D eigenvalue weighted by Gasteiger charge is 2.35. The number of alkyl halides is 3. The summed E-state index contributed by atoms with van der Waals surface area (Å²) in [6, 6.07) is 17.9. The van der Waals surface area contributed by atoms with Crippen molar-refractivity contribution >= 4 is 40.5 Å². The predicted octanol–water partition coefficient (Wildman–Crippen LogP) is 6.28. The topological polar surface area (TPSA) is 61.4 Å². The third-order valence-electron chi connectivity index (χ3n) is 5.48. The van der Waals surface area contributed by atoms with Crippen molar-refractivity contribution in [3.8, 4) is 0 Å². The van der Waals surface area contributed by atoms with Crippen molar-refractivity contribution in [2.75, 3.05) is 22.1 Å². The lowest BCUT2D eigenvalue weighted by Crippen LogP contribution is -2.28. The third-order valence-corrected chi connectivity index (χ3v) is 5.72. The zero-order valence-electron chi connectivity index (χ0n) is 17.9. The van der Waals surface area contributed by atoms with Crippen molar-refractivity contribution < 1.29 is 22.8 Å². The lowest BCUT2D eigenvalue weighted by Gasteiger charge is -2.23. The van der Waals surface area contributed by atoms with Crippen LogP contribution in [0.2, 0.25) is 5.02 Å². The Balaban J connectivity index is 1.64. The Labute approximate surface area is 199 Å². The van der Waals surface area contributed by atoms with E-state index in [0.29, 0.717) is 29.9 Å². The average molecular weight is 488 g/mol. The molecule has 0 unspecified atom stereocenters. The van der Waals surface area contributed by atoms with Gasteiger partial charge in [-0.3, -0.25) is 9.59 Å². The van der Waals surface area contributed by atoms with Crippen LogP contribution in [0.3, 0.4) is 0 Å². The van der Waals surface area contributed by atoms with Crippen LogP contribution < -0.4 is 15.5 Å². The summed E-state index contributed by atoms with van der Waals surface area (Å²) in [5.74, 6) is -0.654. The summed E-state index contributed by atoms with van der Waals surface area (Å²) in [6.07, 6.45) is -3.44. The van der Waals surface area contributed by atoms with E-state index in [0.717, 1.165) is 18.6 Å². The molecular weight excluding hydrogens is 467 g/mol. The second-order valence-corrected chi connectivity index (χ2v) is 8.30. The zero-order valence-corrected chi connectivity index (χ0v) is 18.7. The van der Waals surface area contributed by atoms with E-state index in [-0.39, 0.29) is 16.6 Å². The Bertz CT molecular complexity index is 1200. The first-order valence-electron chi connectivity index (χ1n) is 10.6. The van der Waals surface area contributed by atoms with Crippen molar-refractivity contribution in [1.82, 2.24) is 0 Å². The number of halogens is 4. The molecule has 34 heavy (non-hydrogen) atoms. The van der Waals surface area contributed by atoms with Gasteiger partial charge in [0, 0.05) is 29.4 Å². The van der Waals surface area contributed by atoms with Crippen LogP contribution in [0.25, 0.3) is 0 Å². The summed E-state index contributed by atoms with van der Waals surface area (Å²) in [4.78, 5) is 27.0. The van der Waals surface area contributed by atoms with Crippen LogP contribution in [0, 0.1) is 0 Å². The van der Waals surface area contributed by atoms with E-state index in [9.17, 15) is 22.8 Å². The molecule has 1 saturated heterocycles. The first-order chi connectivity index (χ1) is 16.2. The third kappa shape index (κ3) is 5.34. The van der Waals surface area contributed by atoms with Crippen LogP contribution in [0.15, 0.2) is 72.8 Å². The van der Waals surface area contributed by atoms with Gasteiger partial charge in [-0.15, -0.1) is 0 Å². The maximum absolute atomic E-state index is 13.5. The van der Waals surface area contributed by atoms with Crippen LogP contribution >= 0.6 is 11.6 Å². The summed E-state index contributed by atoms with van der Waals surface area (Å²) >= 11 is 5.75. The van der Waals surface area contributed by atoms with Gasteiger partial charge in [0.05, 0.1) is 11.3 Å². The molecular formula is C25H21ClF3N3O2. The molecule has 0 saturated carbocycles. The molecule has 3 aromatic carbocycles. The molecule has 4 rings (SSSR count). The normalized spacial score (nSPS) is 14.7. The number of amides is 2. The predicted molar refractivity (Wildman–Crippen MR) is 126 cm³/mol. The molecule has 2 N–H and O–H groups in total. The van der Waals surface area contributed by atoms with Crippen LogP contribution in [0.4, 0.5) is 30.2 Å². The minimum absolute atomic E-state index is 0.0249. The molecule has 5 nitrogen and oxygen atoms in total. The van der Waals surface area contributed by atoms with Gasteiger partial charge < -0.3 is 15.5 Å². The fourth-order valence-corrected chi connectivity index (χ4v) is 4.03. The highest BCUT2D eigenvalue weighted by atomic mass is 35.5. The highest BCUT2D eigenvalue weighted by Crippen LogP contribution is 2.37. The number of carbonyl (C=O) groups excluding carboxylic acids is 2. The maximum atomic E-state index is 13.5. The molecule has 3 aromatic rings. The molecule has 1 heterocycles. The zero-order chi connectivity index (χ0) is 24.3. The number of carbonyl (C=O) groups is 2. The SMILES string of the molecule is O=C(Nc1ccc(Cl)cc1C(F)(F)F)[C@@H](Nc1cccc(N2CCCC2=O)c1)c1ccccc1. The van der Waals surface area contributed by atoms with Gasteiger partial charge in [0.15, 0.2) is 0 Å². The number of anilines is 3. The van der Waals surface area contributed by atoms with Crippen LogP contribution in [-0.4, -0.2) is 18.4 Å². The van der Waals surface area contributed by atoms with Crippen molar-refractivity contribution in [1.29, 1.82) is 0 Å². The van der Waals surface area contributed by atoms with E-state index in [1.54, 1.807) is 59.5 Å².